The van der Waals surface area contributed by atoms with E-state index >= 15 is 0 Å². The zero-order chi connectivity index (χ0) is 66.3. The second-order valence-electron chi connectivity index (χ2n) is 25.8. The summed E-state index contributed by atoms with van der Waals surface area (Å²) in [6.07, 6.45) is 4.55. The number of anilines is 1. The molecule has 3 saturated heterocycles. The highest BCUT2D eigenvalue weighted by atomic mass is 35.5. The van der Waals surface area contributed by atoms with Crippen LogP contribution in [0.4, 0.5) is 10.5 Å². The average molecular weight is 1300 g/mol. The number of aliphatic carboxylic acids is 1. The summed E-state index contributed by atoms with van der Waals surface area (Å²) in [5.74, 6) is -2.86. The van der Waals surface area contributed by atoms with Gasteiger partial charge in [-0.3, -0.25) is 29.3 Å². The van der Waals surface area contributed by atoms with Gasteiger partial charge in [0, 0.05) is 121 Å². The number of carbonyl (C=O) groups is 7. The van der Waals surface area contributed by atoms with Gasteiger partial charge < -0.3 is 67.5 Å². The second-order valence-corrected chi connectivity index (χ2v) is 26.2. The number of aromatic nitrogens is 1. The standard InChI is InChI=1S/C67H93ClN8O16/c1-41-15-13-20-53(87-10)67(85)39-52(90-65(84)69-67)42(2)63-66(4,92-63)54(38-58(80)72(7)49-36-44(35-41)37-51(86-9)61(49)68)91-64(83)43(3)71(6)55(77)21-22-57(79)75(30-32-89-34-33-88-31-26-59(81)82)46-23-27-74(28-24-46)56(78)25-29-76-48-19-12-11-18-47(48)60-50(76)40-70(5)73(8)62(60)45-16-14-17-45/h11-13,15,18-20,36-37,42-43,45-46,52-54,62-63,85H,14,16-17,21-35,38-40H2,1-10H3,(H,69,84)(H,81,82)/b20-13+,41-15+/t42-,43-,52+,53-,54+,62?,63?,66+,67+/m1/s1. The lowest BCUT2D eigenvalue weighted by Gasteiger charge is -2.46. The molecule has 504 valence electrons. The number of likely N-dealkylation sites (N-methyl/N-ethyl adjacent to an activating group) is 1. The van der Waals surface area contributed by atoms with Crippen molar-refractivity contribution in [1.29, 1.82) is 0 Å². The number of methoxy groups -OCH3 is 2. The molecular weight excluding hydrogens is 1210 g/mol. The number of hydrogen-bond donors (Lipinski definition) is 3. The molecule has 3 aromatic rings. The highest BCUT2D eigenvalue weighted by Crippen LogP contribution is 2.50. The van der Waals surface area contributed by atoms with Crippen LogP contribution in [0.1, 0.15) is 121 Å². The van der Waals surface area contributed by atoms with E-state index in [-0.39, 0.29) is 87.6 Å². The summed E-state index contributed by atoms with van der Waals surface area (Å²) < 4.78 is 43.4. The number of carboxylic acids is 1. The van der Waals surface area contributed by atoms with Crippen molar-refractivity contribution in [3.05, 3.63) is 82.0 Å². The van der Waals surface area contributed by atoms with Gasteiger partial charge in [-0.25, -0.2) is 19.6 Å². The number of alkyl carbamates (subject to hydrolysis) is 1. The normalized spacial score (nSPS) is 27.1. The summed E-state index contributed by atoms with van der Waals surface area (Å²) in [6, 6.07) is 10.8. The summed E-state index contributed by atoms with van der Waals surface area (Å²) in [5.41, 5.74) is 2.51. The minimum absolute atomic E-state index is 0.0322. The number of fused-ring (bicyclic) bond motifs is 8. The number of likely N-dealkylation sites (tertiary alicyclic amines) is 1. The number of aryl methyl sites for hydroxylation is 1. The number of para-hydroxylation sites is 1. The molecule has 6 aliphatic rings. The van der Waals surface area contributed by atoms with Crippen LogP contribution in [0.2, 0.25) is 5.02 Å². The fourth-order valence-corrected chi connectivity index (χ4v) is 14.2. The van der Waals surface area contributed by atoms with Crippen LogP contribution >= 0.6 is 11.6 Å². The van der Waals surface area contributed by atoms with Crippen molar-refractivity contribution >= 4 is 69.9 Å². The number of carboxylic acid groups (broad SMARTS) is 1. The van der Waals surface area contributed by atoms with Crippen molar-refractivity contribution in [2.75, 3.05) is 93.4 Å². The molecule has 9 atom stereocenters. The zero-order valence-electron chi connectivity index (χ0n) is 54.9. The van der Waals surface area contributed by atoms with E-state index in [0.717, 1.165) is 23.2 Å². The number of nitrogens with one attached hydrogen (secondary N) is 1. The Hall–Kier alpha value is -6.64. The number of benzene rings is 2. The molecule has 1 saturated carbocycles. The van der Waals surface area contributed by atoms with E-state index in [1.54, 1.807) is 50.1 Å². The van der Waals surface area contributed by atoms with Crippen molar-refractivity contribution < 1.29 is 76.9 Å². The first-order valence-electron chi connectivity index (χ1n) is 32.2. The number of aliphatic hydroxyl groups is 1. The maximum absolute atomic E-state index is 14.6. The van der Waals surface area contributed by atoms with Crippen molar-refractivity contribution in [3.63, 3.8) is 0 Å². The number of piperidine rings is 1. The Morgan fingerprint density at radius 3 is 2.33 bits per heavy atom. The van der Waals surface area contributed by atoms with Gasteiger partial charge in [-0.1, -0.05) is 66.9 Å². The van der Waals surface area contributed by atoms with Crippen LogP contribution in [0.3, 0.4) is 0 Å². The fraction of sp³-hybridized carbons (Fsp3) is 0.627. The van der Waals surface area contributed by atoms with E-state index in [2.05, 4.69) is 58.3 Å². The Morgan fingerprint density at radius 1 is 0.935 bits per heavy atom. The third-order valence-corrected chi connectivity index (χ3v) is 20.2. The molecule has 1 aromatic heterocycles. The molecule has 25 heteroatoms. The summed E-state index contributed by atoms with van der Waals surface area (Å²) in [6.45, 7) is 9.65. The number of halogens is 1. The quantitative estimate of drug-likeness (QED) is 0.0530. The molecule has 2 aromatic carbocycles. The minimum Gasteiger partial charge on any atom is -0.495 e. The first-order chi connectivity index (χ1) is 43.9. The number of hydrogen-bond acceptors (Lipinski definition) is 17. The third-order valence-electron chi connectivity index (χ3n) is 19.8. The molecule has 2 unspecified atom stereocenters. The van der Waals surface area contributed by atoms with Crippen molar-refractivity contribution in [3.8, 4) is 5.75 Å². The highest BCUT2D eigenvalue weighted by Gasteiger charge is 2.64. The number of rotatable bonds is 22. The number of amides is 5. The lowest BCUT2D eigenvalue weighted by atomic mass is 9.75. The molecule has 24 nitrogen and oxygen atoms in total. The van der Waals surface area contributed by atoms with Gasteiger partial charge >= 0.3 is 18.0 Å². The number of hydrazine groups is 1. The van der Waals surface area contributed by atoms with E-state index in [9.17, 15) is 38.7 Å². The van der Waals surface area contributed by atoms with Crippen molar-refractivity contribution in [1.82, 2.24) is 34.6 Å². The van der Waals surface area contributed by atoms with Gasteiger partial charge in [0.2, 0.25) is 23.6 Å². The Morgan fingerprint density at radius 2 is 1.64 bits per heavy atom. The molecule has 5 amide bonds. The lowest BCUT2D eigenvalue weighted by Crippen LogP contribution is -2.63. The van der Waals surface area contributed by atoms with Gasteiger partial charge in [0.25, 0.3) is 0 Å². The first-order valence-corrected chi connectivity index (χ1v) is 32.6. The number of esters is 1. The monoisotopic (exact) mass is 1300 g/mol. The van der Waals surface area contributed by atoms with Crippen LogP contribution in [-0.2, 0) is 76.7 Å². The Bertz CT molecular complexity index is 3260. The Kier molecular flexibility index (Phi) is 22.9. The van der Waals surface area contributed by atoms with Crippen molar-refractivity contribution in [2.24, 2.45) is 11.8 Å². The number of epoxide rings is 1. The van der Waals surface area contributed by atoms with Crippen LogP contribution in [0.25, 0.3) is 10.9 Å². The van der Waals surface area contributed by atoms with Gasteiger partial charge in [0.05, 0.1) is 70.8 Å². The predicted molar refractivity (Wildman–Crippen MR) is 341 cm³/mol. The lowest BCUT2D eigenvalue weighted by molar-refractivity contribution is -0.162. The maximum atomic E-state index is 14.6. The average Bonchev–Trinajstić information content (AvgIpc) is 1.57. The topological polar surface area (TPSA) is 264 Å². The highest BCUT2D eigenvalue weighted by molar-refractivity contribution is 6.35. The van der Waals surface area contributed by atoms with Crippen LogP contribution in [-0.4, -0.2) is 217 Å². The van der Waals surface area contributed by atoms with E-state index in [1.807, 2.05) is 17.9 Å². The van der Waals surface area contributed by atoms with E-state index < -0.39 is 84.0 Å². The third kappa shape index (κ3) is 15.6. The molecular formula is C67H93ClN8O16. The largest absolute Gasteiger partial charge is 0.495 e. The summed E-state index contributed by atoms with van der Waals surface area (Å²) in [5, 5.41) is 29.6. The molecule has 6 heterocycles. The number of ether oxygens (including phenoxy) is 7. The fourth-order valence-electron chi connectivity index (χ4n) is 13.9. The molecule has 4 fully saturated rings. The minimum atomic E-state index is -1.90. The van der Waals surface area contributed by atoms with Crippen LogP contribution in [0, 0.1) is 11.8 Å². The molecule has 3 N–H and O–H groups in total. The van der Waals surface area contributed by atoms with E-state index in [4.69, 9.17) is 49.9 Å². The Balaban J connectivity index is 0.861. The summed E-state index contributed by atoms with van der Waals surface area (Å²) in [7, 11) is 10.2. The molecule has 0 spiro atoms. The second kappa shape index (κ2) is 30.2. The van der Waals surface area contributed by atoms with E-state index in [0.29, 0.717) is 62.7 Å². The first kappa shape index (κ1) is 69.7. The van der Waals surface area contributed by atoms with E-state index in [1.165, 1.54) is 73.9 Å². The molecule has 92 heavy (non-hydrogen) atoms. The molecule has 9 rings (SSSR count). The van der Waals surface area contributed by atoms with Crippen molar-refractivity contribution in [2.45, 2.75) is 172 Å². The smallest absolute Gasteiger partial charge is 0.409 e. The molecule has 5 aliphatic heterocycles. The van der Waals surface area contributed by atoms with Gasteiger partial charge in [0.15, 0.2) is 5.72 Å². The van der Waals surface area contributed by atoms with Crippen LogP contribution in [0.15, 0.2) is 60.2 Å². The SMILES string of the molecule is COc1cc2cc(c1Cl)N(C)C(=O)C[C@H](OC(=O)[C@@H](C)N(C)C(=O)CCC(=O)N(CCOCCOCCC(=O)O)C1CCN(C(=O)CCn3c4c(c5ccccc53)C(C3CCC3)N(C)N(C)C4)CC1)[C@]1(C)OC1[C@H](C)[C@@H]1C[C@@](O)(NC(=O)O1)[C@H](OC)/C=C/C=C(\C)C2. The number of nitrogens with zero attached hydrogens (tertiary/aromatic N) is 7. The van der Waals surface area contributed by atoms with Crippen LogP contribution < -0.4 is 15.0 Å². The zero-order valence-corrected chi connectivity index (χ0v) is 55.6. The van der Waals surface area contributed by atoms with Crippen LogP contribution in [0.5, 0.6) is 5.75 Å². The van der Waals surface area contributed by atoms with Gasteiger partial charge in [-0.2, -0.15) is 0 Å². The van der Waals surface area contributed by atoms with Gasteiger partial charge in [-0.15, -0.1) is 0 Å². The van der Waals surface area contributed by atoms with Gasteiger partial charge in [0.1, 0.15) is 40.7 Å². The van der Waals surface area contributed by atoms with Gasteiger partial charge in [-0.05, 0) is 82.6 Å². The predicted octanol–water partition coefficient (Wildman–Crippen LogP) is 6.80. The molecule has 4 bridgehead atoms. The molecule has 0 radical (unpaired) electrons. The number of carbonyl (C=O) groups excluding carboxylic acids is 6. The summed E-state index contributed by atoms with van der Waals surface area (Å²) >= 11 is 6.89. The Labute approximate surface area is 543 Å². The maximum Gasteiger partial charge on any atom is 0.409 e. The number of allylic oxidation sites excluding steroid dienone is 3. The molecule has 1 aliphatic carbocycles. The summed E-state index contributed by atoms with van der Waals surface area (Å²) in [4.78, 5) is 102.